The number of Topliss-reactive ketones (excluding diaryl/α,β-unsaturated/α-hetero) is 2. The van der Waals surface area contributed by atoms with Crippen LogP contribution in [-0.4, -0.2) is 53.5 Å². The molecule has 33 heavy (non-hydrogen) atoms. The fourth-order valence-corrected chi connectivity index (χ4v) is 6.26. The molecule has 1 aliphatic carbocycles. The number of carbonyl (C=O) groups excluding carboxylic acids is 3. The van der Waals surface area contributed by atoms with Gasteiger partial charge in [0.1, 0.15) is 0 Å². The highest BCUT2D eigenvalue weighted by atomic mass is 16.2. The van der Waals surface area contributed by atoms with Gasteiger partial charge in [-0.1, -0.05) is 19.1 Å². The Morgan fingerprint density at radius 2 is 1.79 bits per heavy atom. The zero-order valence-corrected chi connectivity index (χ0v) is 20.8. The Morgan fingerprint density at radius 3 is 2.45 bits per heavy atom. The first-order chi connectivity index (χ1) is 15.8. The summed E-state index contributed by atoms with van der Waals surface area (Å²) in [5, 5.41) is 0. The summed E-state index contributed by atoms with van der Waals surface area (Å²) in [4.78, 5) is 41.9. The van der Waals surface area contributed by atoms with Crippen molar-refractivity contribution in [2.24, 2.45) is 5.41 Å². The molecule has 2 heterocycles. The molecule has 0 N–H and O–H groups in total. The number of allylic oxidation sites excluding steroid dienone is 2. The van der Waals surface area contributed by atoms with Crippen LogP contribution < -0.4 is 0 Å². The van der Waals surface area contributed by atoms with Crippen molar-refractivity contribution in [2.45, 2.75) is 79.1 Å². The molecule has 1 aromatic rings. The van der Waals surface area contributed by atoms with E-state index in [4.69, 9.17) is 0 Å². The standard InChI is InChI=1S/C28H38N2O3/c1-5-23-19(2)22(7-8-24(23)21(4)31)11-16-29-15-6-12-28(13-17-29)14-18-30(27(28)33)25-9-10-26(32)20(25)3/h7-8H,5-6,9-18H2,1-4H3. The molecule has 0 radical (unpaired) electrons. The Morgan fingerprint density at radius 1 is 1.03 bits per heavy atom. The summed E-state index contributed by atoms with van der Waals surface area (Å²) in [6.07, 6.45) is 6.93. The number of rotatable bonds is 6. The van der Waals surface area contributed by atoms with Crippen LogP contribution in [-0.2, 0) is 22.4 Å². The second-order valence-electron chi connectivity index (χ2n) is 10.2. The Bertz CT molecular complexity index is 1010. The lowest BCUT2D eigenvalue weighted by Gasteiger charge is -2.27. The summed E-state index contributed by atoms with van der Waals surface area (Å²) >= 11 is 0. The summed E-state index contributed by atoms with van der Waals surface area (Å²) < 4.78 is 0. The zero-order valence-electron chi connectivity index (χ0n) is 20.8. The number of hydrogen-bond donors (Lipinski definition) is 0. The highest BCUT2D eigenvalue weighted by Gasteiger charge is 2.48. The van der Waals surface area contributed by atoms with Crippen molar-refractivity contribution in [3.8, 4) is 0 Å². The van der Waals surface area contributed by atoms with Crippen molar-refractivity contribution < 1.29 is 14.4 Å². The predicted octanol–water partition coefficient (Wildman–Crippen LogP) is 4.64. The van der Waals surface area contributed by atoms with Gasteiger partial charge in [-0.2, -0.15) is 0 Å². The smallest absolute Gasteiger partial charge is 0.233 e. The van der Waals surface area contributed by atoms with Gasteiger partial charge in [0.15, 0.2) is 11.6 Å². The second kappa shape index (κ2) is 9.54. The molecule has 0 saturated carbocycles. The minimum Gasteiger partial charge on any atom is -0.315 e. The van der Waals surface area contributed by atoms with Crippen molar-refractivity contribution in [1.82, 2.24) is 9.80 Å². The number of likely N-dealkylation sites (tertiary alicyclic amines) is 2. The van der Waals surface area contributed by atoms with Gasteiger partial charge in [-0.3, -0.25) is 14.4 Å². The van der Waals surface area contributed by atoms with Crippen molar-refractivity contribution in [3.63, 3.8) is 0 Å². The van der Waals surface area contributed by atoms with Gasteiger partial charge in [-0.15, -0.1) is 0 Å². The van der Waals surface area contributed by atoms with Gasteiger partial charge in [0.2, 0.25) is 5.91 Å². The fourth-order valence-electron chi connectivity index (χ4n) is 6.26. The minimum atomic E-state index is -0.248. The van der Waals surface area contributed by atoms with E-state index >= 15 is 0 Å². The number of ketones is 2. The van der Waals surface area contributed by atoms with Gasteiger partial charge in [0.05, 0.1) is 5.41 Å². The van der Waals surface area contributed by atoms with E-state index in [-0.39, 0.29) is 22.9 Å². The molecule has 0 bridgehead atoms. The van der Waals surface area contributed by atoms with Crippen LogP contribution in [0.1, 0.15) is 86.3 Å². The van der Waals surface area contributed by atoms with Crippen molar-refractivity contribution >= 4 is 17.5 Å². The monoisotopic (exact) mass is 450 g/mol. The van der Waals surface area contributed by atoms with E-state index < -0.39 is 0 Å². The van der Waals surface area contributed by atoms with Crippen LogP contribution in [0.25, 0.3) is 0 Å². The number of nitrogens with zero attached hydrogens (tertiary/aromatic N) is 2. The molecule has 2 saturated heterocycles. The van der Waals surface area contributed by atoms with Gasteiger partial charge in [0.25, 0.3) is 0 Å². The van der Waals surface area contributed by atoms with Crippen LogP contribution in [0, 0.1) is 12.3 Å². The van der Waals surface area contributed by atoms with Gasteiger partial charge in [0, 0.05) is 36.3 Å². The molecule has 1 atom stereocenters. The van der Waals surface area contributed by atoms with Crippen LogP contribution in [0.5, 0.6) is 0 Å². The third-order valence-electron chi connectivity index (χ3n) is 8.46. The molecule has 2 fully saturated rings. The SMILES string of the molecule is CCc1c(C(C)=O)ccc(CCN2CCCC3(CC2)CCN(C2=C(C)C(=O)CC2)C3=O)c1C. The molecule has 1 unspecified atom stereocenters. The van der Waals surface area contributed by atoms with Crippen molar-refractivity contribution in [3.05, 3.63) is 45.7 Å². The summed E-state index contributed by atoms with van der Waals surface area (Å²) in [5.41, 5.74) is 6.16. The van der Waals surface area contributed by atoms with Crippen molar-refractivity contribution in [2.75, 3.05) is 26.2 Å². The number of carbonyl (C=O) groups is 3. The third-order valence-corrected chi connectivity index (χ3v) is 8.46. The highest BCUT2D eigenvalue weighted by molar-refractivity contribution is 5.99. The Hall–Kier alpha value is -2.27. The Kier molecular flexibility index (Phi) is 6.90. The minimum absolute atomic E-state index is 0.141. The van der Waals surface area contributed by atoms with Gasteiger partial charge < -0.3 is 9.80 Å². The van der Waals surface area contributed by atoms with E-state index in [2.05, 4.69) is 24.8 Å². The lowest BCUT2D eigenvalue weighted by atomic mass is 9.79. The van der Waals surface area contributed by atoms with Crippen LogP contribution in [0.2, 0.25) is 0 Å². The van der Waals surface area contributed by atoms with Crippen LogP contribution >= 0.6 is 0 Å². The van der Waals surface area contributed by atoms with Gasteiger partial charge >= 0.3 is 0 Å². The summed E-state index contributed by atoms with van der Waals surface area (Å²) in [7, 11) is 0. The van der Waals surface area contributed by atoms with Crippen molar-refractivity contribution in [1.29, 1.82) is 0 Å². The molecule has 1 aromatic carbocycles. The molecule has 178 valence electrons. The maximum Gasteiger partial charge on any atom is 0.233 e. The largest absolute Gasteiger partial charge is 0.315 e. The lowest BCUT2D eigenvalue weighted by Crippen LogP contribution is -2.35. The van der Waals surface area contributed by atoms with E-state index in [9.17, 15) is 14.4 Å². The fraction of sp³-hybridized carbons (Fsp3) is 0.607. The molecule has 0 aromatic heterocycles. The van der Waals surface area contributed by atoms with E-state index in [1.807, 2.05) is 17.9 Å². The van der Waals surface area contributed by atoms with Crippen LogP contribution in [0.4, 0.5) is 0 Å². The number of hydrogen-bond acceptors (Lipinski definition) is 4. The second-order valence-corrected chi connectivity index (χ2v) is 10.2. The molecule has 5 nitrogen and oxygen atoms in total. The first-order valence-electron chi connectivity index (χ1n) is 12.7. The van der Waals surface area contributed by atoms with E-state index in [1.54, 1.807) is 6.92 Å². The van der Waals surface area contributed by atoms with E-state index in [1.165, 1.54) is 16.7 Å². The highest BCUT2D eigenvalue weighted by Crippen LogP contribution is 2.44. The normalized spacial score (nSPS) is 24.3. The molecule has 5 heteroatoms. The van der Waals surface area contributed by atoms with Crippen LogP contribution in [0.3, 0.4) is 0 Å². The maximum absolute atomic E-state index is 13.5. The Labute approximate surface area is 198 Å². The summed E-state index contributed by atoms with van der Waals surface area (Å²) in [6, 6.07) is 4.12. The van der Waals surface area contributed by atoms with E-state index in [0.717, 1.165) is 88.0 Å². The quantitative estimate of drug-likeness (QED) is 0.592. The lowest BCUT2D eigenvalue weighted by molar-refractivity contribution is -0.135. The number of amides is 1. The molecular weight excluding hydrogens is 412 g/mol. The third kappa shape index (κ3) is 4.44. The topological polar surface area (TPSA) is 57.7 Å². The molecule has 2 aliphatic heterocycles. The molecular formula is C28H38N2O3. The zero-order chi connectivity index (χ0) is 23.8. The predicted molar refractivity (Wildman–Crippen MR) is 130 cm³/mol. The average molecular weight is 451 g/mol. The average Bonchev–Trinajstić information content (AvgIpc) is 3.19. The molecule has 4 rings (SSSR count). The summed E-state index contributed by atoms with van der Waals surface area (Å²) in [5.74, 6) is 0.600. The molecule has 3 aliphatic rings. The van der Waals surface area contributed by atoms with Gasteiger partial charge in [-0.05, 0) is 95.5 Å². The molecule has 1 amide bonds. The van der Waals surface area contributed by atoms with Gasteiger partial charge in [-0.25, -0.2) is 0 Å². The molecule has 1 spiro atoms. The maximum atomic E-state index is 13.5. The summed E-state index contributed by atoms with van der Waals surface area (Å²) in [6.45, 7) is 11.5. The van der Waals surface area contributed by atoms with Crippen LogP contribution in [0.15, 0.2) is 23.4 Å². The Balaban J connectivity index is 1.40. The first kappa shape index (κ1) is 23.9. The van der Waals surface area contributed by atoms with E-state index in [0.29, 0.717) is 6.42 Å². The first-order valence-corrected chi connectivity index (χ1v) is 12.7. The number of benzene rings is 1.